The van der Waals surface area contributed by atoms with Crippen LogP contribution in [0.25, 0.3) is 0 Å². The average molecular weight is 255 g/mol. The molecule has 0 spiro atoms. The van der Waals surface area contributed by atoms with Gasteiger partial charge in [-0.1, -0.05) is 11.8 Å². The first kappa shape index (κ1) is 12.4. The van der Waals surface area contributed by atoms with Gasteiger partial charge >= 0.3 is 0 Å². The number of aryl methyl sites for hydroxylation is 1. The van der Waals surface area contributed by atoms with Crippen LogP contribution in [0.3, 0.4) is 0 Å². The van der Waals surface area contributed by atoms with Crippen LogP contribution in [0.2, 0.25) is 0 Å². The number of thioether (sulfide) groups is 1. The molecule has 0 radical (unpaired) electrons. The van der Waals surface area contributed by atoms with E-state index in [0.717, 1.165) is 31.3 Å². The van der Waals surface area contributed by atoms with E-state index in [0.29, 0.717) is 0 Å². The van der Waals surface area contributed by atoms with Gasteiger partial charge < -0.3 is 10.2 Å². The number of aromatic nitrogens is 3. The smallest absolute Gasteiger partial charge is 0.235 e. The lowest BCUT2D eigenvalue weighted by Crippen LogP contribution is -2.48. The molecule has 0 saturated carbocycles. The van der Waals surface area contributed by atoms with Crippen LogP contribution in [0.5, 0.6) is 0 Å². The molecule has 1 saturated heterocycles. The first-order valence-electron chi connectivity index (χ1n) is 5.68. The topological polar surface area (TPSA) is 63.1 Å². The predicted molar refractivity (Wildman–Crippen MR) is 65.8 cm³/mol. The van der Waals surface area contributed by atoms with Crippen LogP contribution in [0.4, 0.5) is 0 Å². The van der Waals surface area contributed by atoms with Crippen LogP contribution in [0.1, 0.15) is 6.92 Å². The molecule has 1 aromatic rings. The summed E-state index contributed by atoms with van der Waals surface area (Å²) in [6, 6.07) is 0. The standard InChI is InChI=1S/C10H17N5OS/c1-8(17-10-12-7-13-14(10)2)9(16)15-5-3-11-4-6-15/h7-8,11H,3-6H2,1-2H3. The van der Waals surface area contributed by atoms with Crippen molar-refractivity contribution in [3.8, 4) is 0 Å². The van der Waals surface area contributed by atoms with Crippen LogP contribution in [0, 0.1) is 0 Å². The molecule has 94 valence electrons. The Morgan fingerprint density at radius 3 is 2.82 bits per heavy atom. The van der Waals surface area contributed by atoms with Gasteiger partial charge in [0.15, 0.2) is 5.16 Å². The van der Waals surface area contributed by atoms with Crippen LogP contribution in [-0.2, 0) is 11.8 Å². The molecule has 1 aromatic heterocycles. The van der Waals surface area contributed by atoms with Crippen molar-refractivity contribution < 1.29 is 4.79 Å². The van der Waals surface area contributed by atoms with E-state index in [4.69, 9.17) is 0 Å². The molecule has 0 aromatic carbocycles. The third kappa shape index (κ3) is 2.98. The van der Waals surface area contributed by atoms with E-state index in [2.05, 4.69) is 15.4 Å². The van der Waals surface area contributed by atoms with Gasteiger partial charge in [0, 0.05) is 33.2 Å². The summed E-state index contributed by atoms with van der Waals surface area (Å²) < 4.78 is 1.69. The SMILES string of the molecule is CC(Sc1ncnn1C)C(=O)N1CCNCC1. The second kappa shape index (κ2) is 5.50. The van der Waals surface area contributed by atoms with Crippen molar-refractivity contribution in [3.05, 3.63) is 6.33 Å². The minimum atomic E-state index is -0.115. The number of hydrogen-bond donors (Lipinski definition) is 1. The Morgan fingerprint density at radius 1 is 1.53 bits per heavy atom. The lowest BCUT2D eigenvalue weighted by Gasteiger charge is -2.29. The van der Waals surface area contributed by atoms with E-state index in [1.807, 2.05) is 18.9 Å². The Kier molecular flexibility index (Phi) is 4.01. The average Bonchev–Trinajstić information content (AvgIpc) is 2.75. The highest BCUT2D eigenvalue weighted by atomic mass is 32.2. The summed E-state index contributed by atoms with van der Waals surface area (Å²) in [6.07, 6.45) is 1.50. The van der Waals surface area contributed by atoms with Gasteiger partial charge in [0.05, 0.1) is 5.25 Å². The Bertz CT molecular complexity index is 388. The molecular formula is C10H17N5OS. The Morgan fingerprint density at radius 2 is 2.24 bits per heavy atom. The molecular weight excluding hydrogens is 238 g/mol. The molecule has 1 unspecified atom stereocenters. The van der Waals surface area contributed by atoms with E-state index >= 15 is 0 Å². The van der Waals surface area contributed by atoms with E-state index in [-0.39, 0.29) is 11.2 Å². The maximum absolute atomic E-state index is 12.2. The summed E-state index contributed by atoms with van der Waals surface area (Å²) in [5.74, 6) is 0.180. The number of nitrogens with zero attached hydrogens (tertiary/aromatic N) is 4. The fourth-order valence-electron chi connectivity index (χ4n) is 1.74. The summed E-state index contributed by atoms with van der Waals surface area (Å²) >= 11 is 1.46. The molecule has 1 aliphatic heterocycles. The van der Waals surface area contributed by atoms with Crippen molar-refractivity contribution in [2.45, 2.75) is 17.3 Å². The van der Waals surface area contributed by atoms with Crippen LogP contribution in [-0.4, -0.2) is 57.0 Å². The summed E-state index contributed by atoms with van der Waals surface area (Å²) in [5.41, 5.74) is 0. The third-order valence-electron chi connectivity index (χ3n) is 2.73. The number of rotatable bonds is 3. The van der Waals surface area contributed by atoms with Gasteiger partial charge in [0.1, 0.15) is 6.33 Å². The quantitative estimate of drug-likeness (QED) is 0.753. The minimum Gasteiger partial charge on any atom is -0.339 e. The fourth-order valence-corrected chi connectivity index (χ4v) is 2.62. The summed E-state index contributed by atoms with van der Waals surface area (Å²) in [5, 5.41) is 7.89. The zero-order valence-electron chi connectivity index (χ0n) is 10.1. The molecule has 2 heterocycles. The van der Waals surface area contributed by atoms with Gasteiger partial charge in [-0.2, -0.15) is 5.10 Å². The monoisotopic (exact) mass is 255 g/mol. The van der Waals surface area contributed by atoms with Gasteiger partial charge in [-0.25, -0.2) is 9.67 Å². The molecule has 17 heavy (non-hydrogen) atoms. The number of amides is 1. The van der Waals surface area contributed by atoms with Crippen molar-refractivity contribution in [2.24, 2.45) is 7.05 Å². The summed E-state index contributed by atoms with van der Waals surface area (Å²) in [7, 11) is 1.83. The molecule has 0 aliphatic carbocycles. The molecule has 7 heteroatoms. The molecule has 6 nitrogen and oxygen atoms in total. The van der Waals surface area contributed by atoms with Gasteiger partial charge in [-0.05, 0) is 6.92 Å². The molecule has 1 atom stereocenters. The van der Waals surface area contributed by atoms with Crippen LogP contribution < -0.4 is 5.32 Å². The van der Waals surface area contributed by atoms with Crippen LogP contribution in [0.15, 0.2) is 11.5 Å². The lowest BCUT2D eigenvalue weighted by atomic mass is 10.3. The highest BCUT2D eigenvalue weighted by molar-refractivity contribution is 8.00. The Labute approximate surface area is 105 Å². The lowest BCUT2D eigenvalue weighted by molar-refractivity contribution is -0.130. The van der Waals surface area contributed by atoms with E-state index in [1.54, 1.807) is 4.68 Å². The number of hydrogen-bond acceptors (Lipinski definition) is 5. The number of carbonyl (C=O) groups is 1. The van der Waals surface area contributed by atoms with Crippen molar-refractivity contribution in [3.63, 3.8) is 0 Å². The largest absolute Gasteiger partial charge is 0.339 e. The third-order valence-corrected chi connectivity index (χ3v) is 3.86. The normalized spacial score (nSPS) is 18.1. The van der Waals surface area contributed by atoms with Gasteiger partial charge in [0.25, 0.3) is 0 Å². The second-order valence-electron chi connectivity index (χ2n) is 4.00. The zero-order chi connectivity index (χ0) is 12.3. The molecule has 1 amide bonds. The first-order valence-corrected chi connectivity index (χ1v) is 6.56. The summed E-state index contributed by atoms with van der Waals surface area (Å²) in [4.78, 5) is 18.2. The molecule has 1 fully saturated rings. The number of piperazine rings is 1. The number of carbonyl (C=O) groups excluding carboxylic acids is 1. The maximum atomic E-state index is 12.2. The second-order valence-corrected chi connectivity index (χ2v) is 5.31. The highest BCUT2D eigenvalue weighted by Crippen LogP contribution is 2.21. The fraction of sp³-hybridized carbons (Fsp3) is 0.700. The molecule has 1 N–H and O–H groups in total. The predicted octanol–water partition coefficient (Wildman–Crippen LogP) is -0.272. The van der Waals surface area contributed by atoms with Crippen LogP contribution >= 0.6 is 11.8 Å². The van der Waals surface area contributed by atoms with Crippen molar-refractivity contribution in [1.82, 2.24) is 25.0 Å². The van der Waals surface area contributed by atoms with Crippen molar-refractivity contribution in [2.75, 3.05) is 26.2 Å². The van der Waals surface area contributed by atoms with Crippen molar-refractivity contribution >= 4 is 17.7 Å². The minimum absolute atomic E-state index is 0.115. The van der Waals surface area contributed by atoms with Crippen molar-refractivity contribution in [1.29, 1.82) is 0 Å². The van der Waals surface area contributed by atoms with Gasteiger partial charge in [-0.3, -0.25) is 4.79 Å². The van der Waals surface area contributed by atoms with E-state index in [9.17, 15) is 4.79 Å². The summed E-state index contributed by atoms with van der Waals surface area (Å²) in [6.45, 7) is 5.27. The van der Waals surface area contributed by atoms with Gasteiger partial charge in [-0.15, -0.1) is 0 Å². The Balaban J connectivity index is 1.93. The maximum Gasteiger partial charge on any atom is 0.235 e. The van der Waals surface area contributed by atoms with E-state index in [1.165, 1.54) is 18.1 Å². The van der Waals surface area contributed by atoms with E-state index < -0.39 is 0 Å². The first-order chi connectivity index (χ1) is 8.18. The highest BCUT2D eigenvalue weighted by Gasteiger charge is 2.23. The number of nitrogens with one attached hydrogen (secondary N) is 1. The molecule has 2 rings (SSSR count). The van der Waals surface area contributed by atoms with Gasteiger partial charge in [0.2, 0.25) is 5.91 Å². The Hall–Kier alpha value is -1.08. The molecule has 0 bridgehead atoms. The molecule has 1 aliphatic rings. The zero-order valence-corrected chi connectivity index (χ0v) is 10.9.